The van der Waals surface area contributed by atoms with E-state index in [1.165, 1.54) is 18.4 Å². The molecule has 0 spiro atoms. The summed E-state index contributed by atoms with van der Waals surface area (Å²) < 4.78 is 5.65. The Morgan fingerprint density at radius 1 is 1.00 bits per heavy atom. The maximum atomic E-state index is 10.4. The molecule has 8 N–H and O–H groups in total. The van der Waals surface area contributed by atoms with Crippen molar-refractivity contribution in [3.63, 3.8) is 0 Å². The molecule has 0 radical (unpaired) electrons. The lowest BCUT2D eigenvalue weighted by Crippen LogP contribution is -2.55. The van der Waals surface area contributed by atoms with E-state index in [0.717, 1.165) is 30.5 Å². The number of nitrogens with one attached hydrogen (secondary N) is 1. The van der Waals surface area contributed by atoms with Gasteiger partial charge in [0.15, 0.2) is 0 Å². The van der Waals surface area contributed by atoms with Gasteiger partial charge in [-0.25, -0.2) is 0 Å². The topological polar surface area (TPSA) is 195 Å². The average Bonchev–Trinajstić information content (AvgIpc) is 3.60. The lowest BCUT2D eigenvalue weighted by Gasteiger charge is -2.40. The molecule has 3 fully saturated rings. The number of benzene rings is 2. The van der Waals surface area contributed by atoms with Crippen LogP contribution < -0.4 is 5.32 Å². The van der Waals surface area contributed by atoms with E-state index in [1.54, 1.807) is 18.2 Å². The van der Waals surface area contributed by atoms with Crippen molar-refractivity contribution in [1.82, 2.24) is 5.32 Å². The fourth-order valence-corrected chi connectivity index (χ4v) is 4.86. The molecule has 10 heteroatoms. The van der Waals surface area contributed by atoms with Gasteiger partial charge in [-0.1, -0.05) is 36.4 Å². The van der Waals surface area contributed by atoms with E-state index >= 15 is 0 Å². The molecule has 10 nitrogen and oxygen atoms in total. The Kier molecular flexibility index (Phi) is 10.4. The van der Waals surface area contributed by atoms with Crippen molar-refractivity contribution in [2.45, 2.75) is 74.6 Å². The summed E-state index contributed by atoms with van der Waals surface area (Å²) >= 11 is 0. The van der Waals surface area contributed by atoms with Crippen LogP contribution in [0.3, 0.4) is 0 Å². The lowest BCUT2D eigenvalue weighted by atomic mass is 9.89. The number of rotatable bonds is 6. The second-order valence-electron chi connectivity index (χ2n) is 9.96. The molecule has 0 aromatic heterocycles. The van der Waals surface area contributed by atoms with Crippen LogP contribution in [0.15, 0.2) is 42.5 Å². The van der Waals surface area contributed by atoms with E-state index in [9.17, 15) is 30.5 Å². The molecule has 3 aliphatic rings. The van der Waals surface area contributed by atoms with Crippen molar-refractivity contribution in [3.05, 3.63) is 70.3 Å². The Balaban J connectivity index is 0.000000382. The number of hydrogen-bond donors (Lipinski definition) is 6. The van der Waals surface area contributed by atoms with Crippen molar-refractivity contribution >= 4 is 5.97 Å². The number of nitriles is 1. The maximum Gasteiger partial charge on any atom is 0.320 e. The summed E-state index contributed by atoms with van der Waals surface area (Å²) in [5, 5.41) is 60.5. The van der Waals surface area contributed by atoms with Crippen LogP contribution in [0.5, 0.6) is 0 Å². The van der Waals surface area contributed by atoms with Crippen LogP contribution in [0.4, 0.5) is 0 Å². The zero-order valence-electron chi connectivity index (χ0n) is 21.0. The number of nitrogens with zero attached hydrogens (tertiary/aromatic N) is 1. The van der Waals surface area contributed by atoms with E-state index in [4.69, 9.17) is 9.84 Å². The first-order chi connectivity index (χ1) is 17.8. The Hall–Kier alpha value is -2.88. The number of hydrogen-bond acceptors (Lipinski definition) is 8. The smallest absolute Gasteiger partial charge is 0.320 e. The molecule has 1 saturated carbocycles. The fourth-order valence-electron chi connectivity index (χ4n) is 4.86. The number of aliphatic carboxylic acids is 1. The second kappa shape index (κ2) is 13.3. The van der Waals surface area contributed by atoms with Crippen molar-refractivity contribution in [2.24, 2.45) is 0 Å². The molecule has 2 aromatic rings. The summed E-state index contributed by atoms with van der Waals surface area (Å²) in [7, 11) is 0. The normalized spacial score (nSPS) is 28.4. The summed E-state index contributed by atoms with van der Waals surface area (Å²) in [6, 6.07) is 15.5. The lowest BCUT2D eigenvalue weighted by molar-refractivity contribution is -0.231. The average molecular weight is 529 g/mol. The van der Waals surface area contributed by atoms with Crippen molar-refractivity contribution in [3.8, 4) is 6.07 Å². The third-order valence-electron chi connectivity index (χ3n) is 7.25. The highest BCUT2D eigenvalue weighted by Crippen LogP contribution is 2.40. The molecule has 2 saturated heterocycles. The number of aliphatic hydroxyl groups is 4. The van der Waals surface area contributed by atoms with Gasteiger partial charge in [0, 0.05) is 0 Å². The second-order valence-corrected chi connectivity index (χ2v) is 9.96. The molecule has 2 aliphatic heterocycles. The first-order valence-electron chi connectivity index (χ1n) is 12.7. The van der Waals surface area contributed by atoms with Gasteiger partial charge in [0.2, 0.25) is 0 Å². The van der Waals surface area contributed by atoms with E-state index < -0.39 is 43.1 Å². The highest BCUT2D eigenvalue weighted by Gasteiger charge is 2.44. The Morgan fingerprint density at radius 3 is 2.21 bits per heavy atom. The van der Waals surface area contributed by atoms with Crippen LogP contribution in [0.1, 0.15) is 65.5 Å². The number of carbonyl (C=O) groups is 1. The summed E-state index contributed by atoms with van der Waals surface area (Å²) in [6.45, 7) is 0.384. The van der Waals surface area contributed by atoms with Crippen LogP contribution in [0.2, 0.25) is 0 Å². The van der Waals surface area contributed by atoms with Gasteiger partial charge in [-0.2, -0.15) is 5.26 Å². The SMILES string of the molecule is N#Cc1ccc(C2O[C@@H](CO)[C@H](O)[C@@H](O)[C@@H]2O)cc1Cc1ccc(C2CC2)cc1.O.O=C(O)[C@@H]1CCCN1. The summed E-state index contributed by atoms with van der Waals surface area (Å²) in [5.74, 6) is -0.0317. The largest absolute Gasteiger partial charge is 0.480 e. The van der Waals surface area contributed by atoms with E-state index in [-0.39, 0.29) is 11.5 Å². The molecular weight excluding hydrogens is 492 g/mol. The van der Waals surface area contributed by atoms with Crippen LogP contribution in [-0.4, -0.2) is 80.6 Å². The monoisotopic (exact) mass is 528 g/mol. The number of carboxylic acids is 1. The first kappa shape index (κ1) is 29.7. The van der Waals surface area contributed by atoms with Gasteiger partial charge in [0.05, 0.1) is 18.2 Å². The minimum absolute atomic E-state index is 0. The van der Waals surface area contributed by atoms with Crippen molar-refractivity contribution in [1.29, 1.82) is 5.26 Å². The number of aliphatic hydroxyl groups excluding tert-OH is 4. The maximum absolute atomic E-state index is 10.4. The van der Waals surface area contributed by atoms with Gasteiger partial charge in [-0.15, -0.1) is 0 Å². The van der Waals surface area contributed by atoms with Gasteiger partial charge in [-0.05, 0) is 72.9 Å². The molecule has 0 amide bonds. The molecule has 206 valence electrons. The summed E-state index contributed by atoms with van der Waals surface area (Å²) in [4.78, 5) is 10.1. The Morgan fingerprint density at radius 2 is 1.68 bits per heavy atom. The van der Waals surface area contributed by atoms with E-state index in [2.05, 4.69) is 35.7 Å². The molecule has 2 aromatic carbocycles. The molecule has 1 aliphatic carbocycles. The minimum Gasteiger partial charge on any atom is -0.480 e. The van der Waals surface area contributed by atoms with Crippen LogP contribution in [0, 0.1) is 11.3 Å². The number of ether oxygens (including phenoxy) is 1. The summed E-state index contributed by atoms with van der Waals surface area (Å²) in [5.41, 5.74) is 4.34. The third kappa shape index (κ3) is 6.95. The van der Waals surface area contributed by atoms with Crippen molar-refractivity contribution < 1.29 is 40.5 Å². The fraction of sp³-hybridized carbons (Fsp3) is 0.500. The highest BCUT2D eigenvalue weighted by atomic mass is 16.5. The molecule has 1 unspecified atom stereocenters. The van der Waals surface area contributed by atoms with Gasteiger partial charge < -0.3 is 41.1 Å². The zero-order valence-corrected chi connectivity index (χ0v) is 21.0. The van der Waals surface area contributed by atoms with E-state index in [1.807, 2.05) is 0 Å². The first-order valence-corrected chi connectivity index (χ1v) is 12.7. The number of carboxylic acid groups (broad SMARTS) is 1. The molecular formula is C28H36N2O8. The van der Waals surface area contributed by atoms with Crippen LogP contribution >= 0.6 is 0 Å². The molecule has 2 heterocycles. The van der Waals surface area contributed by atoms with Crippen LogP contribution in [0.25, 0.3) is 0 Å². The molecule has 6 atom stereocenters. The molecule has 0 bridgehead atoms. The van der Waals surface area contributed by atoms with Gasteiger partial charge in [0.25, 0.3) is 0 Å². The molecule has 38 heavy (non-hydrogen) atoms. The third-order valence-corrected chi connectivity index (χ3v) is 7.25. The minimum atomic E-state index is -1.43. The predicted molar refractivity (Wildman–Crippen MR) is 137 cm³/mol. The van der Waals surface area contributed by atoms with E-state index in [0.29, 0.717) is 23.5 Å². The van der Waals surface area contributed by atoms with Gasteiger partial charge in [-0.3, -0.25) is 4.79 Å². The van der Waals surface area contributed by atoms with Gasteiger partial charge >= 0.3 is 5.97 Å². The highest BCUT2D eigenvalue weighted by molar-refractivity contribution is 5.73. The quantitative estimate of drug-likeness (QED) is 0.310. The Labute approximate surface area is 221 Å². The zero-order chi connectivity index (χ0) is 26.5. The molecule has 5 rings (SSSR count). The van der Waals surface area contributed by atoms with Crippen LogP contribution in [-0.2, 0) is 16.0 Å². The predicted octanol–water partition coefficient (Wildman–Crippen LogP) is 0.540. The summed E-state index contributed by atoms with van der Waals surface area (Å²) in [6.07, 6.45) is -1.20. The van der Waals surface area contributed by atoms with Gasteiger partial charge in [0.1, 0.15) is 36.6 Å². The van der Waals surface area contributed by atoms with Crippen molar-refractivity contribution in [2.75, 3.05) is 13.2 Å². The Bertz CT molecular complexity index is 1110. The standard InChI is InChI=1S/C23H25NO5.C5H9NO2.H2O/c24-11-17-8-7-16(23-22(28)21(27)20(26)19(12-25)29-23)10-18(17)9-13-1-3-14(4-2-13)15-5-6-15;7-5(8)4-2-1-3-6-4;/h1-4,7-8,10,15,19-23,25-28H,5-6,9,12H2;4,6H,1-3H2,(H,7,8);1H2/t19-,20-,21+,22-,23?;4-;/m00./s1.